The van der Waals surface area contributed by atoms with Gasteiger partial charge in [-0.1, -0.05) is 0 Å². The molecule has 0 saturated heterocycles. The van der Waals surface area contributed by atoms with Crippen molar-refractivity contribution in [2.24, 2.45) is 0 Å². The van der Waals surface area contributed by atoms with Crippen LogP contribution < -0.4 is 4.74 Å². The maximum absolute atomic E-state index is 12.0. The summed E-state index contributed by atoms with van der Waals surface area (Å²) in [5.74, 6) is -0.346. The lowest BCUT2D eigenvalue weighted by atomic mass is 10.2. The highest BCUT2D eigenvalue weighted by molar-refractivity contribution is 5.40. The fourth-order valence-corrected chi connectivity index (χ4v) is 1.15. The van der Waals surface area contributed by atoms with Gasteiger partial charge in [-0.25, -0.2) is 4.98 Å². The Bertz CT molecular complexity index is 397. The highest BCUT2D eigenvalue weighted by Crippen LogP contribution is 2.28. The molecule has 6 heteroatoms. The van der Waals surface area contributed by atoms with Gasteiger partial charge in [0.25, 0.3) is 0 Å². The molecule has 0 radical (unpaired) electrons. The average molecular weight is 216 g/mol. The van der Waals surface area contributed by atoms with Gasteiger partial charge in [0, 0.05) is 0 Å². The smallest absolute Gasteiger partial charge is 0.404 e. The van der Waals surface area contributed by atoms with Gasteiger partial charge in [-0.15, -0.1) is 13.2 Å². The fourth-order valence-electron chi connectivity index (χ4n) is 1.15. The van der Waals surface area contributed by atoms with Crippen molar-refractivity contribution < 1.29 is 17.9 Å². The number of nitriles is 1. The maximum atomic E-state index is 12.0. The number of hydrogen-bond donors (Lipinski definition) is 0. The minimum absolute atomic E-state index is 0.0453. The van der Waals surface area contributed by atoms with E-state index in [2.05, 4.69) is 9.72 Å². The summed E-state index contributed by atoms with van der Waals surface area (Å²) in [6.07, 6.45) is -4.74. The third-order valence-corrected chi connectivity index (χ3v) is 1.66. The Balaban J connectivity index is 3.16. The number of pyridine rings is 1. The molecule has 3 nitrogen and oxygen atoms in total. The number of rotatable bonds is 1. The number of aryl methyl sites for hydroxylation is 2. The second kappa shape index (κ2) is 3.77. The molecule has 1 heterocycles. The van der Waals surface area contributed by atoms with Crippen LogP contribution in [0, 0.1) is 25.2 Å². The average Bonchev–Trinajstić information content (AvgIpc) is 2.09. The number of hydrogen-bond acceptors (Lipinski definition) is 3. The Kier molecular flexibility index (Phi) is 2.84. The third kappa shape index (κ3) is 2.84. The normalized spacial score (nSPS) is 10.9. The molecule has 0 bridgehead atoms. The van der Waals surface area contributed by atoms with Crippen LogP contribution in [-0.4, -0.2) is 11.3 Å². The van der Waals surface area contributed by atoms with E-state index in [1.165, 1.54) is 19.9 Å². The van der Waals surface area contributed by atoms with Crippen LogP contribution in [0.15, 0.2) is 6.07 Å². The van der Waals surface area contributed by atoms with E-state index in [4.69, 9.17) is 5.26 Å². The summed E-state index contributed by atoms with van der Waals surface area (Å²) in [6.45, 7) is 2.78. The van der Waals surface area contributed by atoms with Crippen LogP contribution in [0.2, 0.25) is 0 Å². The topological polar surface area (TPSA) is 45.9 Å². The van der Waals surface area contributed by atoms with E-state index in [9.17, 15) is 13.2 Å². The molecule has 0 N–H and O–H groups in total. The first-order valence-corrected chi connectivity index (χ1v) is 3.97. The molecule has 15 heavy (non-hydrogen) atoms. The molecular weight excluding hydrogens is 209 g/mol. The summed E-state index contributed by atoms with van der Waals surface area (Å²) in [4.78, 5) is 3.65. The van der Waals surface area contributed by atoms with Crippen LogP contribution in [0.1, 0.15) is 17.0 Å². The van der Waals surface area contributed by atoms with Gasteiger partial charge in [-0.3, -0.25) is 0 Å². The van der Waals surface area contributed by atoms with Gasteiger partial charge in [-0.2, -0.15) is 5.26 Å². The minimum atomic E-state index is -4.74. The molecule has 0 amide bonds. The van der Waals surface area contributed by atoms with Gasteiger partial charge in [0.1, 0.15) is 11.8 Å². The van der Waals surface area contributed by atoms with E-state index in [0.717, 1.165) is 0 Å². The van der Waals surface area contributed by atoms with E-state index in [0.29, 0.717) is 0 Å². The van der Waals surface area contributed by atoms with Gasteiger partial charge in [0.2, 0.25) is 0 Å². The summed E-state index contributed by atoms with van der Waals surface area (Å²) in [7, 11) is 0. The number of nitrogens with zero attached hydrogens (tertiary/aromatic N) is 2. The molecule has 1 aromatic rings. The van der Waals surface area contributed by atoms with Crippen LogP contribution in [-0.2, 0) is 0 Å². The lowest BCUT2D eigenvalue weighted by molar-refractivity contribution is -0.275. The molecule has 1 rings (SSSR count). The third-order valence-electron chi connectivity index (χ3n) is 1.66. The van der Waals surface area contributed by atoms with Crippen molar-refractivity contribution in [3.63, 3.8) is 0 Å². The molecule has 0 aliphatic rings. The predicted molar refractivity (Wildman–Crippen MR) is 45.1 cm³/mol. The molecular formula is C9H7F3N2O. The summed E-state index contributed by atoms with van der Waals surface area (Å²) in [5, 5.41) is 8.53. The summed E-state index contributed by atoms with van der Waals surface area (Å²) in [5.41, 5.74) is 0.347. The summed E-state index contributed by atoms with van der Waals surface area (Å²) >= 11 is 0. The van der Waals surface area contributed by atoms with Crippen LogP contribution in [0.4, 0.5) is 13.2 Å². The monoisotopic (exact) mass is 216 g/mol. The van der Waals surface area contributed by atoms with Crippen LogP contribution in [0.5, 0.6) is 5.75 Å². The van der Waals surface area contributed by atoms with Gasteiger partial charge in [0.05, 0.1) is 5.69 Å². The Labute approximate surface area is 84.1 Å². The Hall–Kier alpha value is -1.77. The molecule has 0 spiro atoms. The number of alkyl halides is 3. The molecule has 0 aromatic carbocycles. The SMILES string of the molecule is Cc1cc(C#N)nc(C)c1OC(F)(F)F. The lowest BCUT2D eigenvalue weighted by Gasteiger charge is -2.13. The molecule has 80 valence electrons. The van der Waals surface area contributed by atoms with Crippen molar-refractivity contribution in [3.05, 3.63) is 23.0 Å². The first kappa shape index (κ1) is 11.3. The first-order chi connectivity index (χ1) is 6.83. The number of ether oxygens (including phenoxy) is 1. The van der Waals surface area contributed by atoms with Crippen molar-refractivity contribution >= 4 is 0 Å². The zero-order chi connectivity index (χ0) is 11.6. The van der Waals surface area contributed by atoms with Gasteiger partial charge in [0.15, 0.2) is 5.75 Å². The van der Waals surface area contributed by atoms with E-state index in [1.807, 2.05) is 0 Å². The summed E-state index contributed by atoms with van der Waals surface area (Å²) in [6, 6.07) is 2.99. The van der Waals surface area contributed by atoms with Gasteiger partial charge in [-0.05, 0) is 25.5 Å². The summed E-state index contributed by atoms with van der Waals surface area (Å²) < 4.78 is 39.7. The van der Waals surface area contributed by atoms with Crippen LogP contribution >= 0.6 is 0 Å². The highest BCUT2D eigenvalue weighted by atomic mass is 19.4. The largest absolute Gasteiger partial charge is 0.573 e. The predicted octanol–water partition coefficient (Wildman–Crippen LogP) is 2.47. The fraction of sp³-hybridized carbons (Fsp3) is 0.333. The Morgan fingerprint density at radius 2 is 2.00 bits per heavy atom. The van der Waals surface area contributed by atoms with Crippen molar-refractivity contribution in [1.29, 1.82) is 5.26 Å². The van der Waals surface area contributed by atoms with Crippen molar-refractivity contribution in [2.45, 2.75) is 20.2 Å². The first-order valence-electron chi connectivity index (χ1n) is 3.97. The molecule has 0 atom stereocenters. The van der Waals surface area contributed by atoms with E-state index >= 15 is 0 Å². The van der Waals surface area contributed by atoms with Crippen molar-refractivity contribution in [2.75, 3.05) is 0 Å². The quantitative estimate of drug-likeness (QED) is 0.724. The Morgan fingerprint density at radius 1 is 1.40 bits per heavy atom. The van der Waals surface area contributed by atoms with E-state index in [-0.39, 0.29) is 22.7 Å². The second-order valence-electron chi connectivity index (χ2n) is 2.90. The van der Waals surface area contributed by atoms with Gasteiger partial charge < -0.3 is 4.74 Å². The Morgan fingerprint density at radius 3 is 2.40 bits per heavy atom. The number of halogens is 3. The standard InChI is InChI=1S/C9H7F3N2O/c1-5-3-7(4-13)14-6(2)8(5)15-9(10,11)12/h3H,1-2H3. The molecule has 0 aliphatic carbocycles. The minimum Gasteiger partial charge on any atom is -0.404 e. The molecule has 0 aliphatic heterocycles. The zero-order valence-corrected chi connectivity index (χ0v) is 8.01. The van der Waals surface area contributed by atoms with Crippen molar-refractivity contribution in [1.82, 2.24) is 4.98 Å². The highest BCUT2D eigenvalue weighted by Gasteiger charge is 2.32. The molecule has 0 saturated carbocycles. The lowest BCUT2D eigenvalue weighted by Crippen LogP contribution is -2.19. The second-order valence-corrected chi connectivity index (χ2v) is 2.90. The van der Waals surface area contributed by atoms with Crippen LogP contribution in [0.3, 0.4) is 0 Å². The molecule has 1 aromatic heterocycles. The van der Waals surface area contributed by atoms with Gasteiger partial charge >= 0.3 is 6.36 Å². The maximum Gasteiger partial charge on any atom is 0.573 e. The van der Waals surface area contributed by atoms with E-state index < -0.39 is 6.36 Å². The molecule has 0 unspecified atom stereocenters. The molecule has 0 fully saturated rings. The van der Waals surface area contributed by atoms with Crippen molar-refractivity contribution in [3.8, 4) is 11.8 Å². The zero-order valence-electron chi connectivity index (χ0n) is 8.01. The number of aromatic nitrogens is 1. The van der Waals surface area contributed by atoms with E-state index in [1.54, 1.807) is 6.07 Å². The van der Waals surface area contributed by atoms with Crippen LogP contribution in [0.25, 0.3) is 0 Å².